The van der Waals surface area contributed by atoms with Crippen molar-refractivity contribution < 1.29 is 4.74 Å². The highest BCUT2D eigenvalue weighted by Crippen LogP contribution is 2.17. The molecular formula is C14H13NO. The van der Waals surface area contributed by atoms with Gasteiger partial charge in [-0.15, -0.1) is 0 Å². The van der Waals surface area contributed by atoms with E-state index in [9.17, 15) is 0 Å². The molecule has 0 saturated carbocycles. The normalized spacial score (nSPS) is 15.6. The van der Waals surface area contributed by atoms with Gasteiger partial charge in [-0.05, 0) is 22.9 Å². The van der Waals surface area contributed by atoms with E-state index < -0.39 is 0 Å². The molecule has 1 aliphatic rings. The molecule has 0 bridgehead atoms. The summed E-state index contributed by atoms with van der Waals surface area (Å²) >= 11 is 0. The van der Waals surface area contributed by atoms with Gasteiger partial charge in [0.1, 0.15) is 0 Å². The van der Waals surface area contributed by atoms with Gasteiger partial charge in [0.2, 0.25) is 5.90 Å². The fourth-order valence-corrected chi connectivity index (χ4v) is 1.96. The molecule has 0 radical (unpaired) electrons. The van der Waals surface area contributed by atoms with Crippen molar-refractivity contribution in [2.24, 2.45) is 4.99 Å². The molecule has 2 aromatic carbocycles. The summed E-state index contributed by atoms with van der Waals surface area (Å²) in [4.78, 5) is 4.40. The van der Waals surface area contributed by atoms with Gasteiger partial charge in [-0.25, -0.2) is 0 Å². The lowest BCUT2D eigenvalue weighted by Crippen LogP contribution is -2.14. The molecule has 16 heavy (non-hydrogen) atoms. The fraction of sp³-hybridized carbons (Fsp3) is 0.214. The predicted molar refractivity (Wildman–Crippen MR) is 65.9 cm³/mol. The second-order valence-electron chi connectivity index (χ2n) is 3.95. The van der Waals surface area contributed by atoms with Gasteiger partial charge in [-0.3, -0.25) is 4.99 Å². The molecule has 2 heteroatoms. The summed E-state index contributed by atoms with van der Waals surface area (Å²) in [6, 6.07) is 14.7. The summed E-state index contributed by atoms with van der Waals surface area (Å²) in [7, 11) is 0. The van der Waals surface area contributed by atoms with Crippen molar-refractivity contribution in [2.75, 3.05) is 13.2 Å². The molecule has 0 spiro atoms. The minimum atomic E-state index is 0.783. The van der Waals surface area contributed by atoms with Crippen molar-refractivity contribution >= 4 is 16.7 Å². The molecule has 1 heterocycles. The molecule has 80 valence electrons. The number of fused-ring (bicyclic) bond motifs is 1. The number of hydrogen-bond donors (Lipinski definition) is 0. The molecule has 0 N–H and O–H groups in total. The molecule has 0 saturated heterocycles. The zero-order valence-corrected chi connectivity index (χ0v) is 9.02. The summed E-state index contributed by atoms with van der Waals surface area (Å²) in [5.74, 6) is 0.789. The van der Waals surface area contributed by atoms with E-state index >= 15 is 0 Å². The van der Waals surface area contributed by atoms with Crippen LogP contribution in [0.3, 0.4) is 0 Å². The molecule has 0 amide bonds. The number of nitrogens with zero attached hydrogens (tertiary/aromatic N) is 1. The molecule has 0 fully saturated rings. The predicted octanol–water partition coefficient (Wildman–Crippen LogP) is 3.01. The molecule has 0 aromatic heterocycles. The Hall–Kier alpha value is -1.83. The Morgan fingerprint density at radius 2 is 1.88 bits per heavy atom. The fourth-order valence-electron chi connectivity index (χ4n) is 1.96. The molecule has 2 aromatic rings. The van der Waals surface area contributed by atoms with E-state index in [0.717, 1.165) is 31.0 Å². The minimum Gasteiger partial charge on any atom is -0.477 e. The third-order valence-corrected chi connectivity index (χ3v) is 2.79. The van der Waals surface area contributed by atoms with Crippen LogP contribution in [0.1, 0.15) is 12.0 Å². The molecule has 2 nitrogen and oxygen atoms in total. The second kappa shape index (κ2) is 3.97. The van der Waals surface area contributed by atoms with Crippen LogP contribution in [0.5, 0.6) is 0 Å². The minimum absolute atomic E-state index is 0.783. The standard InChI is InChI=1S/C14H13NO/c1-2-5-12-10-13(7-6-11(12)4-1)14-15-8-3-9-16-14/h1-2,4-7,10H,3,8-9H2. The monoisotopic (exact) mass is 211 g/mol. The largest absolute Gasteiger partial charge is 0.477 e. The van der Waals surface area contributed by atoms with Crippen LogP contribution in [0.25, 0.3) is 10.8 Å². The van der Waals surface area contributed by atoms with Gasteiger partial charge in [0.05, 0.1) is 6.61 Å². The van der Waals surface area contributed by atoms with E-state index in [1.54, 1.807) is 0 Å². The molecular weight excluding hydrogens is 198 g/mol. The van der Waals surface area contributed by atoms with E-state index in [0.29, 0.717) is 0 Å². The Morgan fingerprint density at radius 3 is 2.69 bits per heavy atom. The van der Waals surface area contributed by atoms with Gasteiger partial charge < -0.3 is 4.74 Å². The first-order valence-electron chi connectivity index (χ1n) is 5.60. The van der Waals surface area contributed by atoms with Gasteiger partial charge in [-0.1, -0.05) is 30.3 Å². The van der Waals surface area contributed by atoms with E-state index in [1.807, 2.05) is 0 Å². The molecule has 0 unspecified atom stereocenters. The zero-order chi connectivity index (χ0) is 10.8. The Labute approximate surface area is 94.6 Å². The van der Waals surface area contributed by atoms with Crippen molar-refractivity contribution in [2.45, 2.75) is 6.42 Å². The van der Waals surface area contributed by atoms with Gasteiger partial charge >= 0.3 is 0 Å². The van der Waals surface area contributed by atoms with Crippen LogP contribution in [0, 0.1) is 0 Å². The first-order chi connectivity index (χ1) is 7.93. The van der Waals surface area contributed by atoms with Crippen molar-refractivity contribution in [1.82, 2.24) is 0 Å². The smallest absolute Gasteiger partial charge is 0.216 e. The Kier molecular flexibility index (Phi) is 2.33. The van der Waals surface area contributed by atoms with Crippen LogP contribution in [0.15, 0.2) is 47.5 Å². The number of benzene rings is 2. The summed E-state index contributed by atoms with van der Waals surface area (Å²) in [5.41, 5.74) is 1.08. The molecule has 0 aliphatic carbocycles. The molecule has 1 aliphatic heterocycles. The lowest BCUT2D eigenvalue weighted by molar-refractivity contribution is 0.284. The Balaban J connectivity index is 2.07. The van der Waals surface area contributed by atoms with Crippen molar-refractivity contribution in [1.29, 1.82) is 0 Å². The summed E-state index contributed by atoms with van der Waals surface area (Å²) < 4.78 is 5.56. The summed E-state index contributed by atoms with van der Waals surface area (Å²) in [5, 5.41) is 2.49. The quantitative estimate of drug-likeness (QED) is 0.710. The van der Waals surface area contributed by atoms with Gasteiger partial charge in [0, 0.05) is 18.5 Å². The molecule has 0 atom stereocenters. The maximum Gasteiger partial charge on any atom is 0.216 e. The third-order valence-electron chi connectivity index (χ3n) is 2.79. The van der Waals surface area contributed by atoms with Crippen LogP contribution >= 0.6 is 0 Å². The number of ether oxygens (including phenoxy) is 1. The van der Waals surface area contributed by atoms with Gasteiger partial charge in [0.15, 0.2) is 0 Å². The maximum absolute atomic E-state index is 5.56. The van der Waals surface area contributed by atoms with Crippen molar-refractivity contribution in [3.63, 3.8) is 0 Å². The van der Waals surface area contributed by atoms with E-state index in [-0.39, 0.29) is 0 Å². The van der Waals surface area contributed by atoms with Gasteiger partial charge in [0.25, 0.3) is 0 Å². The highest BCUT2D eigenvalue weighted by Gasteiger charge is 2.08. The lowest BCUT2D eigenvalue weighted by Gasteiger charge is -2.14. The van der Waals surface area contributed by atoms with Crippen LogP contribution in [0.4, 0.5) is 0 Å². The van der Waals surface area contributed by atoms with Crippen LogP contribution in [0.2, 0.25) is 0 Å². The van der Waals surface area contributed by atoms with E-state index in [2.05, 4.69) is 47.5 Å². The lowest BCUT2D eigenvalue weighted by atomic mass is 10.1. The SMILES string of the molecule is c1ccc2cc(C3=NCCCO3)ccc2c1. The van der Waals surface area contributed by atoms with E-state index in [4.69, 9.17) is 4.74 Å². The van der Waals surface area contributed by atoms with Gasteiger partial charge in [-0.2, -0.15) is 0 Å². The average Bonchev–Trinajstić information content (AvgIpc) is 2.39. The highest BCUT2D eigenvalue weighted by molar-refractivity contribution is 5.98. The first-order valence-corrected chi connectivity index (χ1v) is 5.60. The van der Waals surface area contributed by atoms with Crippen LogP contribution in [-0.4, -0.2) is 19.0 Å². The third kappa shape index (κ3) is 1.67. The number of rotatable bonds is 1. The summed E-state index contributed by atoms with van der Waals surface area (Å²) in [6.45, 7) is 1.66. The van der Waals surface area contributed by atoms with E-state index in [1.165, 1.54) is 10.8 Å². The average molecular weight is 211 g/mol. The van der Waals surface area contributed by atoms with Crippen molar-refractivity contribution in [3.8, 4) is 0 Å². The first kappa shape index (κ1) is 9.40. The maximum atomic E-state index is 5.56. The highest BCUT2D eigenvalue weighted by atomic mass is 16.5. The van der Waals surface area contributed by atoms with Crippen LogP contribution in [-0.2, 0) is 4.74 Å². The Morgan fingerprint density at radius 1 is 1.00 bits per heavy atom. The zero-order valence-electron chi connectivity index (χ0n) is 9.02. The number of hydrogen-bond acceptors (Lipinski definition) is 2. The topological polar surface area (TPSA) is 21.6 Å². The molecule has 3 rings (SSSR count). The summed E-state index contributed by atoms with van der Waals surface area (Å²) in [6.07, 6.45) is 1.02. The second-order valence-corrected chi connectivity index (χ2v) is 3.95. The Bertz CT molecular complexity index is 545. The van der Waals surface area contributed by atoms with Crippen molar-refractivity contribution in [3.05, 3.63) is 48.0 Å². The number of aliphatic imine (C=N–C) groups is 1. The van der Waals surface area contributed by atoms with Crippen LogP contribution < -0.4 is 0 Å².